The fourth-order valence-electron chi connectivity index (χ4n) is 4.41. The Bertz CT molecular complexity index is 1140. The number of halogens is 3. The average molecular weight is 470 g/mol. The Labute approximate surface area is 196 Å². The number of amides is 1. The fourth-order valence-corrected chi connectivity index (χ4v) is 4.41. The maximum Gasteiger partial charge on any atom is 0.417 e. The van der Waals surface area contributed by atoms with Gasteiger partial charge in [-0.3, -0.25) is 4.79 Å². The number of pyridine rings is 1. The molecular weight excluding hydrogens is 443 g/mol. The van der Waals surface area contributed by atoms with E-state index in [1.807, 2.05) is 24.0 Å². The van der Waals surface area contributed by atoms with Crippen LogP contribution in [0.15, 0.2) is 55.0 Å². The van der Waals surface area contributed by atoms with Gasteiger partial charge in [0.1, 0.15) is 5.82 Å². The van der Waals surface area contributed by atoms with Crippen molar-refractivity contribution in [1.82, 2.24) is 19.9 Å². The topological polar surface area (TPSA) is 71.0 Å². The molecule has 1 N–H and O–H groups in total. The van der Waals surface area contributed by atoms with Gasteiger partial charge in [-0.1, -0.05) is 19.1 Å². The van der Waals surface area contributed by atoms with Crippen LogP contribution in [0, 0.1) is 12.8 Å². The Kier molecular flexibility index (Phi) is 6.81. The summed E-state index contributed by atoms with van der Waals surface area (Å²) in [6.45, 7) is 4.99. The Hall–Kier alpha value is -3.49. The van der Waals surface area contributed by atoms with Crippen molar-refractivity contribution >= 4 is 11.7 Å². The average Bonchev–Trinajstić information content (AvgIpc) is 2.83. The quantitative estimate of drug-likeness (QED) is 0.555. The van der Waals surface area contributed by atoms with Gasteiger partial charge < -0.3 is 10.2 Å². The van der Waals surface area contributed by atoms with E-state index in [9.17, 15) is 18.0 Å². The van der Waals surface area contributed by atoms with Crippen molar-refractivity contribution in [3.05, 3.63) is 71.7 Å². The summed E-state index contributed by atoms with van der Waals surface area (Å²) in [5, 5.41) is 3.12. The number of carbonyl (C=O) groups excluding carboxylic acids is 1. The lowest BCUT2D eigenvalue weighted by Crippen LogP contribution is -2.51. The van der Waals surface area contributed by atoms with E-state index in [1.165, 1.54) is 6.07 Å². The van der Waals surface area contributed by atoms with Gasteiger partial charge in [0.25, 0.3) is 5.91 Å². The maximum absolute atomic E-state index is 13.8. The van der Waals surface area contributed by atoms with Gasteiger partial charge in [0.05, 0.1) is 17.2 Å². The molecule has 2 unspecified atom stereocenters. The number of nitrogens with zero attached hydrogens (tertiary/aromatic N) is 4. The van der Waals surface area contributed by atoms with Crippen molar-refractivity contribution in [3.63, 3.8) is 0 Å². The number of piperidine rings is 1. The van der Waals surface area contributed by atoms with Gasteiger partial charge in [0.2, 0.25) is 0 Å². The summed E-state index contributed by atoms with van der Waals surface area (Å²) in [5.74, 6) is 0.940. The number of benzene rings is 1. The van der Waals surface area contributed by atoms with Crippen LogP contribution in [0.4, 0.5) is 19.0 Å². The first-order valence-electron chi connectivity index (χ1n) is 11.2. The van der Waals surface area contributed by atoms with Gasteiger partial charge in [0.15, 0.2) is 5.82 Å². The number of nitrogens with one attached hydrogen (secondary N) is 1. The van der Waals surface area contributed by atoms with Crippen LogP contribution in [0.2, 0.25) is 0 Å². The highest BCUT2D eigenvalue weighted by molar-refractivity contribution is 6.01. The molecular formula is C25H26F3N5O. The van der Waals surface area contributed by atoms with Crippen LogP contribution in [-0.2, 0) is 6.18 Å². The molecule has 2 atom stereocenters. The number of aromatic nitrogens is 3. The molecule has 1 aromatic carbocycles. The number of rotatable bonds is 5. The summed E-state index contributed by atoms with van der Waals surface area (Å²) in [7, 11) is 0. The molecule has 3 heterocycles. The smallest absolute Gasteiger partial charge is 0.368 e. The number of hydrogen-bond donors (Lipinski definition) is 1. The minimum absolute atomic E-state index is 0.107. The molecule has 0 spiro atoms. The largest absolute Gasteiger partial charge is 0.417 e. The SMILES string of the molecule is Cc1cccc(C(=O)N2CCCC(C)C2CNc2ccc(C(F)(F)F)cn2)c1-c1ncccn1. The third kappa shape index (κ3) is 5.03. The summed E-state index contributed by atoms with van der Waals surface area (Å²) in [6, 6.07) is 9.47. The van der Waals surface area contributed by atoms with Crippen molar-refractivity contribution < 1.29 is 18.0 Å². The van der Waals surface area contributed by atoms with Gasteiger partial charge in [-0.2, -0.15) is 13.2 Å². The predicted octanol–water partition coefficient (Wildman–Crippen LogP) is 5.22. The zero-order valence-electron chi connectivity index (χ0n) is 19.0. The van der Waals surface area contributed by atoms with E-state index >= 15 is 0 Å². The first-order valence-corrected chi connectivity index (χ1v) is 11.2. The third-order valence-electron chi connectivity index (χ3n) is 6.25. The Morgan fingerprint density at radius 3 is 2.56 bits per heavy atom. The van der Waals surface area contributed by atoms with Crippen molar-refractivity contribution in [1.29, 1.82) is 0 Å². The highest BCUT2D eigenvalue weighted by Crippen LogP contribution is 2.31. The number of anilines is 1. The van der Waals surface area contributed by atoms with Crippen LogP contribution >= 0.6 is 0 Å². The lowest BCUT2D eigenvalue weighted by atomic mass is 9.89. The number of carbonyl (C=O) groups is 1. The van der Waals surface area contributed by atoms with E-state index < -0.39 is 11.7 Å². The lowest BCUT2D eigenvalue weighted by molar-refractivity contribution is -0.137. The molecule has 178 valence electrons. The van der Waals surface area contributed by atoms with Crippen LogP contribution in [0.1, 0.15) is 41.3 Å². The molecule has 1 saturated heterocycles. The maximum atomic E-state index is 13.8. The Morgan fingerprint density at radius 1 is 1.12 bits per heavy atom. The minimum atomic E-state index is -4.43. The zero-order valence-corrected chi connectivity index (χ0v) is 19.0. The first kappa shape index (κ1) is 23.7. The molecule has 9 heteroatoms. The highest BCUT2D eigenvalue weighted by Gasteiger charge is 2.34. The van der Waals surface area contributed by atoms with Crippen LogP contribution < -0.4 is 5.32 Å². The van der Waals surface area contributed by atoms with Gasteiger partial charge in [-0.15, -0.1) is 0 Å². The highest BCUT2D eigenvalue weighted by atomic mass is 19.4. The van der Waals surface area contributed by atoms with Crippen LogP contribution in [0.3, 0.4) is 0 Å². The molecule has 0 bridgehead atoms. The van der Waals surface area contributed by atoms with Crippen molar-refractivity contribution in [2.24, 2.45) is 5.92 Å². The first-order chi connectivity index (χ1) is 16.3. The van der Waals surface area contributed by atoms with Crippen molar-refractivity contribution in [2.75, 3.05) is 18.4 Å². The van der Waals surface area contributed by atoms with Gasteiger partial charge in [0, 0.05) is 37.2 Å². The van der Waals surface area contributed by atoms with Crippen molar-refractivity contribution in [3.8, 4) is 11.4 Å². The molecule has 1 fully saturated rings. The molecule has 0 radical (unpaired) electrons. The molecule has 1 amide bonds. The predicted molar refractivity (Wildman–Crippen MR) is 123 cm³/mol. The fraction of sp³-hybridized carbons (Fsp3) is 0.360. The standard InChI is InChI=1S/C25H26F3N5O/c1-16-7-4-13-33(20(16)15-32-21-10-9-18(14-31-21)25(26,27)28)24(34)19-8-3-6-17(2)22(19)23-29-11-5-12-30-23/h3,5-6,8-12,14,16,20H,4,7,13,15H2,1-2H3,(H,31,32). The minimum Gasteiger partial charge on any atom is -0.368 e. The number of alkyl halides is 3. The molecule has 2 aromatic heterocycles. The Morgan fingerprint density at radius 2 is 1.88 bits per heavy atom. The van der Waals surface area contributed by atoms with E-state index in [4.69, 9.17) is 0 Å². The molecule has 1 aliphatic rings. The third-order valence-corrected chi connectivity index (χ3v) is 6.25. The molecule has 6 nitrogen and oxygen atoms in total. The second-order valence-electron chi connectivity index (χ2n) is 8.57. The second kappa shape index (κ2) is 9.79. The summed E-state index contributed by atoms with van der Waals surface area (Å²) in [4.78, 5) is 28.2. The lowest BCUT2D eigenvalue weighted by Gasteiger charge is -2.40. The van der Waals surface area contributed by atoms with E-state index in [0.29, 0.717) is 35.9 Å². The van der Waals surface area contributed by atoms with Gasteiger partial charge in [-0.05, 0) is 55.5 Å². The molecule has 1 aliphatic heterocycles. The van der Waals surface area contributed by atoms with Gasteiger partial charge in [-0.25, -0.2) is 15.0 Å². The van der Waals surface area contributed by atoms with Crippen molar-refractivity contribution in [2.45, 2.75) is 38.9 Å². The van der Waals surface area contributed by atoms with Gasteiger partial charge >= 0.3 is 6.18 Å². The number of hydrogen-bond acceptors (Lipinski definition) is 5. The normalized spacial score (nSPS) is 18.6. The van der Waals surface area contributed by atoms with Crippen LogP contribution in [0.5, 0.6) is 0 Å². The van der Waals surface area contributed by atoms with E-state index in [2.05, 4.69) is 27.2 Å². The monoisotopic (exact) mass is 469 g/mol. The van der Waals surface area contributed by atoms with Crippen LogP contribution in [-0.4, -0.2) is 44.9 Å². The summed E-state index contributed by atoms with van der Waals surface area (Å²) in [6.07, 6.45) is 1.52. The summed E-state index contributed by atoms with van der Waals surface area (Å²) >= 11 is 0. The summed E-state index contributed by atoms with van der Waals surface area (Å²) < 4.78 is 38.5. The Balaban J connectivity index is 1.57. The van der Waals surface area contributed by atoms with E-state index in [1.54, 1.807) is 24.5 Å². The van der Waals surface area contributed by atoms with E-state index in [-0.39, 0.29) is 17.9 Å². The second-order valence-corrected chi connectivity index (χ2v) is 8.57. The molecule has 0 saturated carbocycles. The number of likely N-dealkylation sites (tertiary alicyclic amines) is 1. The van der Waals surface area contributed by atoms with Crippen LogP contribution in [0.25, 0.3) is 11.4 Å². The number of aryl methyl sites for hydroxylation is 1. The zero-order chi connectivity index (χ0) is 24.3. The van der Waals surface area contributed by atoms with E-state index in [0.717, 1.165) is 30.7 Å². The molecule has 34 heavy (non-hydrogen) atoms. The summed E-state index contributed by atoms with van der Waals surface area (Å²) in [5.41, 5.74) is 1.36. The molecule has 3 aromatic rings. The molecule has 0 aliphatic carbocycles. The molecule has 4 rings (SSSR count).